The molecule has 2 aromatic rings. The maximum atomic E-state index is 12.5. The van der Waals surface area contributed by atoms with Crippen LogP contribution in [0.25, 0.3) is 11.1 Å². The van der Waals surface area contributed by atoms with Crippen molar-refractivity contribution in [2.24, 2.45) is 11.8 Å². The lowest BCUT2D eigenvalue weighted by Gasteiger charge is -2.37. The predicted molar refractivity (Wildman–Crippen MR) is 131 cm³/mol. The predicted octanol–water partition coefficient (Wildman–Crippen LogP) is 4.45. The second-order valence-electron chi connectivity index (χ2n) is 10.2. The standard InChI is InChI=1S/C28H32N2O5/c31-26(30-25(15-27(32)33)18-6-5-7-18)14-17-12-19(13-17)29-28(34)35-16-24-22-10-3-1-8-20(22)21-9-2-4-11-23(21)24/h1-4,8-11,17-19,24-25H,5-7,12-16H2,(H,29,34)(H,30,31)(H,32,33). The topological polar surface area (TPSA) is 105 Å². The Kier molecular flexibility index (Phi) is 6.75. The smallest absolute Gasteiger partial charge is 0.407 e. The Morgan fingerprint density at radius 3 is 2.17 bits per heavy atom. The molecule has 1 atom stereocenters. The van der Waals surface area contributed by atoms with E-state index in [1.807, 2.05) is 24.3 Å². The number of hydrogen-bond acceptors (Lipinski definition) is 4. The van der Waals surface area contributed by atoms with Crippen LogP contribution in [0, 0.1) is 11.8 Å². The lowest BCUT2D eigenvalue weighted by atomic mass is 9.77. The third kappa shape index (κ3) is 5.19. The Bertz CT molecular complexity index is 1060. The highest BCUT2D eigenvalue weighted by Crippen LogP contribution is 2.44. The van der Waals surface area contributed by atoms with Gasteiger partial charge in [0.1, 0.15) is 6.61 Å². The molecule has 3 aliphatic carbocycles. The van der Waals surface area contributed by atoms with Gasteiger partial charge in [0.2, 0.25) is 5.91 Å². The van der Waals surface area contributed by atoms with Gasteiger partial charge in [-0.25, -0.2) is 4.79 Å². The van der Waals surface area contributed by atoms with E-state index in [2.05, 4.69) is 34.9 Å². The SMILES string of the molecule is O=C(O)CC(NC(=O)CC1CC(NC(=O)OCC2c3ccccc3-c3ccccc32)C1)C1CCC1. The maximum Gasteiger partial charge on any atom is 0.407 e. The highest BCUT2D eigenvalue weighted by Gasteiger charge is 2.35. The minimum atomic E-state index is -0.877. The first-order valence-corrected chi connectivity index (χ1v) is 12.6. The Labute approximate surface area is 205 Å². The van der Waals surface area contributed by atoms with Crippen LogP contribution in [-0.2, 0) is 14.3 Å². The molecule has 0 radical (unpaired) electrons. The Balaban J connectivity index is 1.05. The molecule has 0 spiro atoms. The molecular formula is C28H32N2O5. The van der Waals surface area contributed by atoms with E-state index in [0.717, 1.165) is 32.1 Å². The monoisotopic (exact) mass is 476 g/mol. The van der Waals surface area contributed by atoms with Crippen LogP contribution in [0.2, 0.25) is 0 Å². The van der Waals surface area contributed by atoms with E-state index in [4.69, 9.17) is 9.84 Å². The van der Waals surface area contributed by atoms with Crippen LogP contribution >= 0.6 is 0 Å². The van der Waals surface area contributed by atoms with Crippen molar-refractivity contribution in [3.05, 3.63) is 59.7 Å². The van der Waals surface area contributed by atoms with Crippen molar-refractivity contribution < 1.29 is 24.2 Å². The van der Waals surface area contributed by atoms with Gasteiger partial charge < -0.3 is 20.5 Å². The van der Waals surface area contributed by atoms with Gasteiger partial charge in [0.15, 0.2) is 0 Å². The number of alkyl carbamates (subject to hydrolysis) is 1. The molecule has 3 N–H and O–H groups in total. The molecule has 7 heteroatoms. The summed E-state index contributed by atoms with van der Waals surface area (Å²) in [4.78, 5) is 36.0. The summed E-state index contributed by atoms with van der Waals surface area (Å²) >= 11 is 0. The van der Waals surface area contributed by atoms with E-state index in [0.29, 0.717) is 6.42 Å². The second-order valence-corrected chi connectivity index (χ2v) is 10.2. The summed E-state index contributed by atoms with van der Waals surface area (Å²) in [6, 6.07) is 16.2. The lowest BCUT2D eigenvalue weighted by molar-refractivity contribution is -0.138. The summed E-state index contributed by atoms with van der Waals surface area (Å²) in [7, 11) is 0. The zero-order chi connectivity index (χ0) is 24.4. The minimum absolute atomic E-state index is 0.00454. The Morgan fingerprint density at radius 2 is 1.60 bits per heavy atom. The van der Waals surface area contributed by atoms with Crippen molar-refractivity contribution in [2.75, 3.05) is 6.61 Å². The Hall–Kier alpha value is -3.35. The number of amides is 2. The van der Waals surface area contributed by atoms with E-state index in [9.17, 15) is 14.4 Å². The van der Waals surface area contributed by atoms with Crippen molar-refractivity contribution in [3.8, 4) is 11.1 Å². The van der Waals surface area contributed by atoms with Gasteiger partial charge in [0, 0.05) is 24.4 Å². The van der Waals surface area contributed by atoms with Gasteiger partial charge in [-0.15, -0.1) is 0 Å². The van der Waals surface area contributed by atoms with Crippen molar-refractivity contribution >= 4 is 18.0 Å². The number of aliphatic carboxylic acids is 1. The number of hydrogen-bond donors (Lipinski definition) is 3. The minimum Gasteiger partial charge on any atom is -0.481 e. The van der Waals surface area contributed by atoms with Gasteiger partial charge in [0.05, 0.1) is 6.42 Å². The summed E-state index contributed by atoms with van der Waals surface area (Å²) in [6.45, 7) is 0.282. The van der Waals surface area contributed by atoms with Crippen LogP contribution < -0.4 is 10.6 Å². The summed E-state index contributed by atoms with van der Waals surface area (Å²) < 4.78 is 5.61. The average molecular weight is 477 g/mol. The maximum absolute atomic E-state index is 12.5. The molecule has 2 fully saturated rings. The molecule has 3 aliphatic rings. The number of benzene rings is 2. The van der Waals surface area contributed by atoms with Gasteiger partial charge in [-0.2, -0.15) is 0 Å². The Morgan fingerprint density at radius 1 is 0.971 bits per heavy atom. The normalized spacial score (nSPS) is 21.6. The van der Waals surface area contributed by atoms with Crippen LogP contribution in [-0.4, -0.2) is 41.8 Å². The van der Waals surface area contributed by atoms with Crippen molar-refractivity contribution in [1.29, 1.82) is 0 Å². The average Bonchev–Trinajstić information content (AvgIpc) is 3.08. The molecule has 184 valence electrons. The van der Waals surface area contributed by atoms with Crippen LogP contribution in [0.5, 0.6) is 0 Å². The first-order valence-electron chi connectivity index (χ1n) is 12.6. The zero-order valence-corrected chi connectivity index (χ0v) is 19.7. The quantitative estimate of drug-likeness (QED) is 0.496. The van der Waals surface area contributed by atoms with Crippen molar-refractivity contribution in [3.63, 3.8) is 0 Å². The number of carbonyl (C=O) groups excluding carboxylic acids is 2. The lowest BCUT2D eigenvalue weighted by Crippen LogP contribution is -2.48. The number of fused-ring (bicyclic) bond motifs is 3. The molecule has 2 saturated carbocycles. The van der Waals surface area contributed by atoms with Crippen LogP contribution in [0.3, 0.4) is 0 Å². The molecule has 0 heterocycles. The molecule has 0 bridgehead atoms. The van der Waals surface area contributed by atoms with E-state index in [-0.39, 0.29) is 48.8 Å². The van der Waals surface area contributed by atoms with Gasteiger partial charge in [-0.3, -0.25) is 9.59 Å². The molecule has 0 aromatic heterocycles. The third-order valence-electron chi connectivity index (χ3n) is 7.84. The van der Waals surface area contributed by atoms with Gasteiger partial charge in [-0.1, -0.05) is 55.0 Å². The van der Waals surface area contributed by atoms with E-state index in [1.54, 1.807) is 0 Å². The van der Waals surface area contributed by atoms with Crippen molar-refractivity contribution in [1.82, 2.24) is 10.6 Å². The number of nitrogens with one attached hydrogen (secondary N) is 2. The fraction of sp³-hybridized carbons (Fsp3) is 0.464. The van der Waals surface area contributed by atoms with Crippen LogP contribution in [0.4, 0.5) is 4.79 Å². The van der Waals surface area contributed by atoms with E-state index < -0.39 is 12.1 Å². The van der Waals surface area contributed by atoms with Gasteiger partial charge in [-0.05, 0) is 59.8 Å². The molecule has 35 heavy (non-hydrogen) atoms. The molecular weight excluding hydrogens is 444 g/mol. The molecule has 7 nitrogen and oxygen atoms in total. The second kappa shape index (κ2) is 10.1. The number of rotatable bonds is 9. The molecule has 0 aliphatic heterocycles. The highest BCUT2D eigenvalue weighted by molar-refractivity contribution is 5.79. The highest BCUT2D eigenvalue weighted by atomic mass is 16.5. The first kappa shape index (κ1) is 23.4. The van der Waals surface area contributed by atoms with Gasteiger partial charge in [0.25, 0.3) is 0 Å². The number of carbonyl (C=O) groups is 3. The molecule has 5 rings (SSSR count). The molecule has 0 saturated heterocycles. The number of carboxylic acids is 1. The fourth-order valence-electron chi connectivity index (χ4n) is 5.72. The molecule has 2 amide bonds. The van der Waals surface area contributed by atoms with E-state index >= 15 is 0 Å². The van der Waals surface area contributed by atoms with Crippen LogP contribution in [0.15, 0.2) is 48.5 Å². The summed E-state index contributed by atoms with van der Waals surface area (Å²) in [5, 5.41) is 15.0. The largest absolute Gasteiger partial charge is 0.481 e. The summed E-state index contributed by atoms with van der Waals surface area (Å²) in [5.41, 5.74) is 4.75. The first-order chi connectivity index (χ1) is 17.0. The molecule has 1 unspecified atom stereocenters. The number of ether oxygens (including phenoxy) is 1. The van der Waals surface area contributed by atoms with Crippen molar-refractivity contribution in [2.45, 2.75) is 62.9 Å². The zero-order valence-electron chi connectivity index (χ0n) is 19.7. The summed E-state index contributed by atoms with van der Waals surface area (Å²) in [6.07, 6.45) is 4.43. The molecule has 2 aromatic carbocycles. The van der Waals surface area contributed by atoms with Crippen LogP contribution in [0.1, 0.15) is 62.0 Å². The summed E-state index contributed by atoms with van der Waals surface area (Å²) in [5.74, 6) is -0.466. The number of carboxylic acid groups (broad SMARTS) is 1. The van der Waals surface area contributed by atoms with E-state index in [1.165, 1.54) is 22.3 Å². The third-order valence-corrected chi connectivity index (χ3v) is 7.84. The fourth-order valence-corrected chi connectivity index (χ4v) is 5.72. The van der Waals surface area contributed by atoms with Gasteiger partial charge >= 0.3 is 12.1 Å².